The van der Waals surface area contributed by atoms with Gasteiger partial charge in [-0.15, -0.1) is 16.8 Å². The van der Waals surface area contributed by atoms with Crippen LogP contribution in [0.5, 0.6) is 5.75 Å². The smallest absolute Gasteiger partial charge is 0.307 e. The number of halogens is 1. The molecule has 0 N–H and O–H groups in total. The van der Waals surface area contributed by atoms with Crippen LogP contribution in [-0.4, -0.2) is 29.5 Å². The highest BCUT2D eigenvalue weighted by Crippen LogP contribution is 2.21. The van der Waals surface area contributed by atoms with Crippen LogP contribution in [0.4, 0.5) is 10.1 Å². The maximum Gasteiger partial charge on any atom is 0.307 e. The number of allylic oxidation sites excluding steroid dienone is 1. The molecule has 0 fully saturated rings. The fourth-order valence-corrected chi connectivity index (χ4v) is 2.99. The van der Waals surface area contributed by atoms with E-state index in [-0.39, 0.29) is 18.1 Å². The van der Waals surface area contributed by atoms with E-state index in [1.165, 1.54) is 53.1 Å². The van der Waals surface area contributed by atoms with Gasteiger partial charge in [-0.25, -0.2) is 4.39 Å². The van der Waals surface area contributed by atoms with Gasteiger partial charge in [0.15, 0.2) is 11.0 Å². The van der Waals surface area contributed by atoms with E-state index in [1.807, 2.05) is 4.57 Å². The van der Waals surface area contributed by atoms with Crippen LogP contribution in [0.1, 0.15) is 5.82 Å². The Kier molecular flexibility index (Phi) is 5.81. The predicted octanol–water partition coefficient (Wildman–Crippen LogP) is 3.04. The second-order valence-electron chi connectivity index (χ2n) is 5.31. The third-order valence-corrected chi connectivity index (χ3v) is 4.40. The van der Waals surface area contributed by atoms with Crippen LogP contribution in [0.25, 0.3) is 0 Å². The number of thioether (sulfide) groups is 1. The van der Waals surface area contributed by atoms with Crippen molar-refractivity contribution in [3.63, 3.8) is 0 Å². The van der Waals surface area contributed by atoms with Crippen LogP contribution in [0, 0.1) is 15.9 Å². The zero-order valence-electron chi connectivity index (χ0n) is 14.1. The number of hydrogen-bond acceptors (Lipinski definition) is 7. The molecule has 0 spiro atoms. The number of nitrogens with zero attached hydrogens (tertiary/aromatic N) is 6. The van der Waals surface area contributed by atoms with E-state index in [1.54, 1.807) is 6.08 Å². The fourth-order valence-electron chi connectivity index (χ4n) is 2.17. The number of hydrogen-bond donors (Lipinski definition) is 0. The molecule has 0 aliphatic rings. The van der Waals surface area contributed by atoms with Gasteiger partial charge < -0.3 is 4.74 Å². The number of aromatic nitrogens is 5. The Morgan fingerprint density at radius 3 is 2.78 bits per heavy atom. The molecule has 1 aromatic carbocycles. The van der Waals surface area contributed by atoms with E-state index in [0.29, 0.717) is 29.2 Å². The minimum Gasteiger partial charge on any atom is -0.486 e. The van der Waals surface area contributed by atoms with Crippen molar-refractivity contribution in [1.82, 2.24) is 24.5 Å². The fraction of sp³-hybridized carbons (Fsp3) is 0.188. The zero-order valence-corrected chi connectivity index (χ0v) is 14.9. The highest BCUT2D eigenvalue weighted by molar-refractivity contribution is 7.98. The largest absolute Gasteiger partial charge is 0.486 e. The van der Waals surface area contributed by atoms with Gasteiger partial charge in [-0.1, -0.05) is 17.8 Å². The van der Waals surface area contributed by atoms with Crippen LogP contribution >= 0.6 is 11.8 Å². The Labute approximate surface area is 157 Å². The molecular weight excluding hydrogens is 375 g/mol. The Hall–Kier alpha value is -3.21. The summed E-state index contributed by atoms with van der Waals surface area (Å²) in [7, 11) is 0. The molecule has 27 heavy (non-hydrogen) atoms. The lowest BCUT2D eigenvalue weighted by molar-refractivity contribution is -0.385. The third kappa shape index (κ3) is 4.70. The molecule has 3 rings (SSSR count). The van der Waals surface area contributed by atoms with Crippen molar-refractivity contribution in [3.8, 4) is 5.75 Å². The van der Waals surface area contributed by atoms with E-state index in [0.717, 1.165) is 0 Å². The Bertz CT molecular complexity index is 940. The molecule has 0 atom stereocenters. The van der Waals surface area contributed by atoms with E-state index in [4.69, 9.17) is 4.74 Å². The van der Waals surface area contributed by atoms with E-state index >= 15 is 0 Å². The van der Waals surface area contributed by atoms with Gasteiger partial charge in [0.05, 0.1) is 10.8 Å². The monoisotopic (exact) mass is 390 g/mol. The molecule has 11 heteroatoms. The number of benzene rings is 1. The maximum absolute atomic E-state index is 12.9. The molecule has 0 saturated carbocycles. The second kappa shape index (κ2) is 8.45. The van der Waals surface area contributed by atoms with Crippen LogP contribution in [0.3, 0.4) is 0 Å². The first kappa shape index (κ1) is 18.6. The SMILES string of the molecule is C=CCn1c(COc2ccc(F)cc2)nnc1SCn1cc([N+](=O)[O-])cn1. The van der Waals surface area contributed by atoms with Crippen molar-refractivity contribution in [3.05, 3.63) is 71.1 Å². The minimum absolute atomic E-state index is 0.0726. The van der Waals surface area contributed by atoms with Gasteiger partial charge in [0.1, 0.15) is 30.6 Å². The van der Waals surface area contributed by atoms with Gasteiger partial charge in [0, 0.05) is 6.54 Å². The average molecular weight is 390 g/mol. The summed E-state index contributed by atoms with van der Waals surface area (Å²) in [5.41, 5.74) is -0.0726. The lowest BCUT2D eigenvalue weighted by Gasteiger charge is -2.09. The lowest BCUT2D eigenvalue weighted by Crippen LogP contribution is -2.08. The van der Waals surface area contributed by atoms with Gasteiger partial charge in [-0.05, 0) is 24.3 Å². The molecule has 0 unspecified atom stereocenters. The van der Waals surface area contributed by atoms with E-state index in [2.05, 4.69) is 21.9 Å². The van der Waals surface area contributed by atoms with Crippen LogP contribution in [0.2, 0.25) is 0 Å². The van der Waals surface area contributed by atoms with E-state index < -0.39 is 4.92 Å². The molecular formula is C16H15FN6O3S. The maximum atomic E-state index is 12.9. The first-order valence-corrected chi connectivity index (χ1v) is 8.76. The van der Waals surface area contributed by atoms with E-state index in [9.17, 15) is 14.5 Å². The zero-order chi connectivity index (χ0) is 19.2. The predicted molar refractivity (Wildman–Crippen MR) is 95.7 cm³/mol. The average Bonchev–Trinajstić information content (AvgIpc) is 3.27. The topological polar surface area (TPSA) is 101 Å². The van der Waals surface area contributed by atoms with Crippen molar-refractivity contribution in [2.75, 3.05) is 0 Å². The van der Waals surface area contributed by atoms with Gasteiger partial charge in [0.25, 0.3) is 0 Å². The second-order valence-corrected chi connectivity index (χ2v) is 6.22. The van der Waals surface area contributed by atoms with Gasteiger partial charge in [-0.3, -0.25) is 19.4 Å². The lowest BCUT2D eigenvalue weighted by atomic mass is 10.3. The number of rotatable bonds is 9. The summed E-state index contributed by atoms with van der Waals surface area (Å²) in [6.07, 6.45) is 4.24. The highest BCUT2D eigenvalue weighted by atomic mass is 32.2. The van der Waals surface area contributed by atoms with Crippen molar-refractivity contribution in [1.29, 1.82) is 0 Å². The van der Waals surface area contributed by atoms with Gasteiger partial charge in [-0.2, -0.15) is 5.10 Å². The van der Waals surface area contributed by atoms with Gasteiger partial charge in [0.2, 0.25) is 0 Å². The first-order valence-electron chi connectivity index (χ1n) is 7.78. The summed E-state index contributed by atoms with van der Waals surface area (Å²) < 4.78 is 21.8. The Morgan fingerprint density at radius 1 is 1.33 bits per heavy atom. The molecule has 0 aliphatic carbocycles. The minimum atomic E-state index is -0.501. The molecule has 0 amide bonds. The van der Waals surface area contributed by atoms with Crippen LogP contribution < -0.4 is 4.74 Å². The highest BCUT2D eigenvalue weighted by Gasteiger charge is 2.14. The van der Waals surface area contributed by atoms with Crippen molar-refractivity contribution in [2.45, 2.75) is 24.2 Å². The first-order chi connectivity index (χ1) is 13.1. The summed E-state index contributed by atoms with van der Waals surface area (Å²) in [4.78, 5) is 10.2. The molecule has 0 radical (unpaired) electrons. The normalized spacial score (nSPS) is 10.7. The number of ether oxygens (including phenoxy) is 1. The quantitative estimate of drug-likeness (QED) is 0.239. The molecule has 9 nitrogen and oxygen atoms in total. The molecule has 3 aromatic rings. The molecule has 0 saturated heterocycles. The standard InChI is InChI=1S/C16H15FN6O3S/c1-2-7-22-15(10-26-14-5-3-12(17)4-6-14)19-20-16(22)27-11-21-9-13(8-18-21)23(24)25/h2-6,8-9H,1,7,10-11H2. The summed E-state index contributed by atoms with van der Waals surface area (Å²) in [5, 5.41) is 23.5. The molecule has 0 aliphatic heterocycles. The van der Waals surface area contributed by atoms with Crippen LogP contribution in [-0.2, 0) is 19.0 Å². The Balaban J connectivity index is 1.67. The van der Waals surface area contributed by atoms with Crippen LogP contribution in [0.15, 0.2) is 54.5 Å². The van der Waals surface area contributed by atoms with Crippen molar-refractivity contribution < 1.29 is 14.1 Å². The number of nitro groups is 1. The van der Waals surface area contributed by atoms with Crippen molar-refractivity contribution in [2.24, 2.45) is 0 Å². The van der Waals surface area contributed by atoms with Gasteiger partial charge >= 0.3 is 5.69 Å². The third-order valence-electron chi connectivity index (χ3n) is 3.44. The molecule has 2 aromatic heterocycles. The summed E-state index contributed by atoms with van der Waals surface area (Å²) in [5.74, 6) is 1.09. The summed E-state index contributed by atoms with van der Waals surface area (Å²) in [6.45, 7) is 4.35. The van der Waals surface area contributed by atoms with Crippen molar-refractivity contribution >= 4 is 17.4 Å². The summed E-state index contributed by atoms with van der Waals surface area (Å²) in [6, 6.07) is 5.69. The molecule has 0 bridgehead atoms. The molecule has 2 heterocycles. The summed E-state index contributed by atoms with van der Waals surface area (Å²) >= 11 is 1.32. The Morgan fingerprint density at radius 2 is 2.11 bits per heavy atom. The molecule has 140 valence electrons.